The normalized spacial score (nSPS) is 11.6. The van der Waals surface area contributed by atoms with Gasteiger partial charge in [0, 0.05) is 42.1 Å². The Morgan fingerprint density at radius 2 is 1.64 bits per heavy atom. The molecule has 0 unspecified atom stereocenters. The Hall–Kier alpha value is -3.05. The van der Waals surface area contributed by atoms with Crippen LogP contribution < -0.4 is 0 Å². The molecule has 0 N–H and O–H groups in total. The molecule has 0 bridgehead atoms. The molecule has 0 spiro atoms. The standard InChI is InChI=1S/C33H44ClN3O2/c1-7-8-19-36(32(39)26-15-17-28(18-16-26)33(4,5)6)24-31(38)37(21-25(2)3)23-29-13-11-20-35(29)22-27-12-9-10-14-30(27)34/h9-18,20,25H,7-8,19,21-24H2,1-6H3. The molecular weight excluding hydrogens is 506 g/mol. The molecule has 210 valence electrons. The summed E-state index contributed by atoms with van der Waals surface area (Å²) in [5.41, 5.74) is 3.88. The van der Waals surface area contributed by atoms with Gasteiger partial charge in [0.1, 0.15) is 6.54 Å². The van der Waals surface area contributed by atoms with E-state index in [1.165, 1.54) is 5.56 Å². The molecular formula is C33H44ClN3O2. The third kappa shape index (κ3) is 8.72. The lowest BCUT2D eigenvalue weighted by Crippen LogP contribution is -2.44. The predicted molar refractivity (Wildman–Crippen MR) is 161 cm³/mol. The first-order valence-electron chi connectivity index (χ1n) is 14.0. The molecule has 2 amide bonds. The number of carbonyl (C=O) groups excluding carboxylic acids is 2. The number of rotatable bonds is 12. The Kier molecular flexibility index (Phi) is 10.8. The van der Waals surface area contributed by atoms with Crippen LogP contribution in [0.25, 0.3) is 0 Å². The molecule has 0 atom stereocenters. The Bertz CT molecular complexity index is 1220. The summed E-state index contributed by atoms with van der Waals surface area (Å²) in [5.74, 6) is 0.166. The maximum absolute atomic E-state index is 13.7. The highest BCUT2D eigenvalue weighted by Crippen LogP contribution is 2.23. The Balaban J connectivity index is 1.79. The summed E-state index contributed by atoms with van der Waals surface area (Å²) in [6.07, 6.45) is 3.82. The van der Waals surface area contributed by atoms with Gasteiger partial charge in [-0.3, -0.25) is 9.59 Å². The first kappa shape index (κ1) is 30.5. The predicted octanol–water partition coefficient (Wildman–Crippen LogP) is 7.41. The molecule has 2 aromatic carbocycles. The Labute approximate surface area is 239 Å². The van der Waals surface area contributed by atoms with Crippen molar-refractivity contribution in [2.24, 2.45) is 5.92 Å². The summed E-state index contributed by atoms with van der Waals surface area (Å²) >= 11 is 6.41. The van der Waals surface area contributed by atoms with Crippen LogP contribution in [-0.4, -0.2) is 45.8 Å². The lowest BCUT2D eigenvalue weighted by atomic mass is 9.86. The lowest BCUT2D eigenvalue weighted by molar-refractivity contribution is -0.133. The van der Waals surface area contributed by atoms with Gasteiger partial charge < -0.3 is 14.4 Å². The number of benzene rings is 2. The van der Waals surface area contributed by atoms with Crippen molar-refractivity contribution < 1.29 is 9.59 Å². The number of amides is 2. The molecule has 5 nitrogen and oxygen atoms in total. The van der Waals surface area contributed by atoms with Crippen LogP contribution in [0.5, 0.6) is 0 Å². The van der Waals surface area contributed by atoms with Crippen molar-refractivity contribution in [3.63, 3.8) is 0 Å². The van der Waals surface area contributed by atoms with E-state index >= 15 is 0 Å². The van der Waals surface area contributed by atoms with Gasteiger partial charge in [-0.1, -0.05) is 89.9 Å². The van der Waals surface area contributed by atoms with E-state index in [0.29, 0.717) is 37.7 Å². The summed E-state index contributed by atoms with van der Waals surface area (Å²) in [6, 6.07) is 19.7. The smallest absolute Gasteiger partial charge is 0.254 e. The second kappa shape index (κ2) is 13.8. The SMILES string of the molecule is CCCCN(CC(=O)N(Cc1cccn1Cc1ccccc1Cl)CC(C)C)C(=O)c1ccc(C(C)(C)C)cc1. The molecule has 6 heteroatoms. The van der Waals surface area contributed by atoms with E-state index in [1.54, 1.807) is 4.90 Å². The first-order chi connectivity index (χ1) is 18.5. The first-order valence-corrected chi connectivity index (χ1v) is 14.4. The summed E-state index contributed by atoms with van der Waals surface area (Å²) in [7, 11) is 0. The van der Waals surface area contributed by atoms with Crippen molar-refractivity contribution in [1.82, 2.24) is 14.4 Å². The highest BCUT2D eigenvalue weighted by Gasteiger charge is 2.24. The van der Waals surface area contributed by atoms with Crippen LogP contribution >= 0.6 is 11.6 Å². The largest absolute Gasteiger partial charge is 0.345 e. The fraction of sp³-hybridized carbons (Fsp3) is 0.455. The number of hydrogen-bond donors (Lipinski definition) is 0. The van der Waals surface area contributed by atoms with Crippen molar-refractivity contribution >= 4 is 23.4 Å². The molecule has 1 aromatic heterocycles. The molecule has 0 aliphatic rings. The van der Waals surface area contributed by atoms with Crippen molar-refractivity contribution in [3.8, 4) is 0 Å². The van der Waals surface area contributed by atoms with Gasteiger partial charge in [-0.2, -0.15) is 0 Å². The van der Waals surface area contributed by atoms with E-state index in [2.05, 4.69) is 46.1 Å². The molecule has 0 fully saturated rings. The molecule has 0 aliphatic heterocycles. The highest BCUT2D eigenvalue weighted by atomic mass is 35.5. The van der Waals surface area contributed by atoms with Crippen LogP contribution in [0.15, 0.2) is 66.9 Å². The maximum Gasteiger partial charge on any atom is 0.254 e. The summed E-state index contributed by atoms with van der Waals surface area (Å²) in [6.45, 7) is 15.1. The molecule has 0 radical (unpaired) electrons. The fourth-order valence-corrected chi connectivity index (χ4v) is 4.80. The average molecular weight is 550 g/mol. The minimum atomic E-state index is -0.0937. The summed E-state index contributed by atoms with van der Waals surface area (Å²) < 4.78 is 2.14. The molecule has 0 saturated heterocycles. The van der Waals surface area contributed by atoms with Gasteiger partial charge in [-0.15, -0.1) is 0 Å². The van der Waals surface area contributed by atoms with Gasteiger partial charge in [-0.05, 0) is 59.2 Å². The van der Waals surface area contributed by atoms with Crippen LogP contribution in [-0.2, 0) is 23.3 Å². The van der Waals surface area contributed by atoms with E-state index in [-0.39, 0.29) is 23.8 Å². The number of nitrogens with zero attached hydrogens (tertiary/aromatic N) is 3. The zero-order valence-corrected chi connectivity index (χ0v) is 25.2. The van der Waals surface area contributed by atoms with Gasteiger partial charge in [-0.25, -0.2) is 0 Å². The quantitative estimate of drug-likeness (QED) is 0.236. The molecule has 3 rings (SSSR count). The van der Waals surface area contributed by atoms with Crippen LogP contribution in [0, 0.1) is 5.92 Å². The second-order valence-electron chi connectivity index (χ2n) is 11.8. The highest BCUT2D eigenvalue weighted by molar-refractivity contribution is 6.31. The van der Waals surface area contributed by atoms with E-state index in [1.807, 2.05) is 71.8 Å². The van der Waals surface area contributed by atoms with Crippen LogP contribution in [0.3, 0.4) is 0 Å². The fourth-order valence-electron chi connectivity index (χ4n) is 4.61. The maximum atomic E-state index is 13.7. The van der Waals surface area contributed by atoms with Crippen molar-refractivity contribution in [1.29, 1.82) is 0 Å². The number of carbonyl (C=O) groups is 2. The van der Waals surface area contributed by atoms with E-state index < -0.39 is 0 Å². The van der Waals surface area contributed by atoms with E-state index in [0.717, 1.165) is 29.1 Å². The van der Waals surface area contributed by atoms with Gasteiger partial charge in [0.2, 0.25) is 5.91 Å². The number of unbranched alkanes of at least 4 members (excludes halogenated alkanes) is 1. The monoisotopic (exact) mass is 549 g/mol. The van der Waals surface area contributed by atoms with Crippen molar-refractivity contribution in [3.05, 3.63) is 94.3 Å². The van der Waals surface area contributed by atoms with Gasteiger partial charge >= 0.3 is 0 Å². The number of halogens is 1. The van der Waals surface area contributed by atoms with Gasteiger partial charge in [0.25, 0.3) is 5.91 Å². The summed E-state index contributed by atoms with van der Waals surface area (Å²) in [4.78, 5) is 30.9. The third-order valence-electron chi connectivity index (χ3n) is 6.91. The van der Waals surface area contributed by atoms with Crippen LogP contribution in [0.1, 0.15) is 81.6 Å². The second-order valence-corrected chi connectivity index (χ2v) is 12.2. The van der Waals surface area contributed by atoms with E-state index in [4.69, 9.17) is 11.6 Å². The lowest BCUT2D eigenvalue weighted by Gasteiger charge is -2.29. The minimum absolute atomic E-state index is 0.0142. The third-order valence-corrected chi connectivity index (χ3v) is 7.27. The summed E-state index contributed by atoms with van der Waals surface area (Å²) in [5, 5.41) is 0.730. The molecule has 3 aromatic rings. The Morgan fingerprint density at radius 1 is 0.949 bits per heavy atom. The van der Waals surface area contributed by atoms with Gasteiger partial charge in [0.05, 0.1) is 6.54 Å². The number of hydrogen-bond acceptors (Lipinski definition) is 2. The zero-order chi connectivity index (χ0) is 28.6. The molecule has 0 aliphatic carbocycles. The van der Waals surface area contributed by atoms with Crippen LogP contribution in [0.2, 0.25) is 5.02 Å². The number of aromatic nitrogens is 1. The van der Waals surface area contributed by atoms with Crippen LogP contribution in [0.4, 0.5) is 0 Å². The average Bonchev–Trinajstić information content (AvgIpc) is 3.32. The van der Waals surface area contributed by atoms with Crippen molar-refractivity contribution in [2.75, 3.05) is 19.6 Å². The minimum Gasteiger partial charge on any atom is -0.345 e. The molecule has 0 saturated carbocycles. The molecule has 1 heterocycles. The zero-order valence-electron chi connectivity index (χ0n) is 24.4. The Morgan fingerprint density at radius 3 is 2.26 bits per heavy atom. The van der Waals surface area contributed by atoms with Gasteiger partial charge in [0.15, 0.2) is 0 Å². The topological polar surface area (TPSA) is 45.6 Å². The van der Waals surface area contributed by atoms with Crippen molar-refractivity contribution in [2.45, 2.75) is 72.9 Å². The molecule has 39 heavy (non-hydrogen) atoms. The van der Waals surface area contributed by atoms with E-state index in [9.17, 15) is 9.59 Å².